The van der Waals surface area contributed by atoms with Gasteiger partial charge in [-0.1, -0.05) is 12.1 Å². The van der Waals surface area contributed by atoms with Crippen LogP contribution >= 0.6 is 0 Å². The molecule has 2 aromatic carbocycles. The lowest BCUT2D eigenvalue weighted by Crippen LogP contribution is -2.23. The van der Waals surface area contributed by atoms with Gasteiger partial charge in [-0.15, -0.1) is 6.58 Å². The Labute approximate surface area is 142 Å². The summed E-state index contributed by atoms with van der Waals surface area (Å²) in [4.78, 5) is 35.9. The van der Waals surface area contributed by atoms with Gasteiger partial charge < -0.3 is 20.6 Å². The fourth-order valence-corrected chi connectivity index (χ4v) is 2.27. The molecule has 25 heavy (non-hydrogen) atoms. The van der Waals surface area contributed by atoms with Crippen molar-refractivity contribution in [2.75, 3.05) is 6.54 Å². The first-order chi connectivity index (χ1) is 11.9. The smallest absolute Gasteiger partial charge is 0.251 e. The number of benzene rings is 2. The van der Waals surface area contributed by atoms with E-state index in [1.54, 1.807) is 0 Å². The van der Waals surface area contributed by atoms with Gasteiger partial charge in [-0.05, 0) is 24.3 Å². The second-order valence-corrected chi connectivity index (χ2v) is 5.08. The number of hydrogen-bond acceptors (Lipinski definition) is 6. The zero-order valence-corrected chi connectivity index (χ0v) is 13.0. The number of phenols is 3. The number of ketones is 1. The highest BCUT2D eigenvalue weighted by Gasteiger charge is 2.25. The van der Waals surface area contributed by atoms with Gasteiger partial charge in [-0.2, -0.15) is 0 Å². The van der Waals surface area contributed by atoms with Gasteiger partial charge in [0.1, 0.15) is 22.8 Å². The molecule has 2 rings (SSSR count). The molecule has 0 aliphatic heterocycles. The largest absolute Gasteiger partial charge is 0.507 e. The van der Waals surface area contributed by atoms with E-state index >= 15 is 0 Å². The van der Waals surface area contributed by atoms with Crippen LogP contribution in [0, 0.1) is 0 Å². The highest BCUT2D eigenvalue weighted by Crippen LogP contribution is 2.33. The second kappa shape index (κ2) is 7.31. The fraction of sp³-hybridized carbons (Fsp3) is 0.0556. The van der Waals surface area contributed by atoms with Crippen LogP contribution in [0.1, 0.15) is 36.6 Å². The highest BCUT2D eigenvalue weighted by atomic mass is 16.3. The SMILES string of the molecule is C=CCNC(=O)c1cc(O)c(C(=O)c2c(O)cccc2O)c(C=O)c1. The molecule has 0 aliphatic rings. The molecule has 0 radical (unpaired) electrons. The number of amides is 1. The summed E-state index contributed by atoms with van der Waals surface area (Å²) in [6, 6.07) is 5.85. The zero-order valence-electron chi connectivity index (χ0n) is 13.0. The molecule has 1 amide bonds. The quantitative estimate of drug-likeness (QED) is 0.361. The number of phenolic OH excluding ortho intramolecular Hbond substituents is 3. The molecule has 0 spiro atoms. The maximum Gasteiger partial charge on any atom is 0.251 e. The molecule has 0 aromatic heterocycles. The number of nitrogens with one attached hydrogen (secondary N) is 1. The molecule has 7 heteroatoms. The van der Waals surface area contributed by atoms with Gasteiger partial charge in [0.15, 0.2) is 6.29 Å². The molecule has 0 unspecified atom stereocenters. The molecule has 128 valence electrons. The van der Waals surface area contributed by atoms with Gasteiger partial charge in [-0.3, -0.25) is 14.4 Å². The average molecular weight is 341 g/mol. The van der Waals surface area contributed by atoms with Crippen LogP contribution in [0.25, 0.3) is 0 Å². The first kappa shape index (κ1) is 17.7. The highest BCUT2D eigenvalue weighted by molar-refractivity contribution is 6.17. The summed E-state index contributed by atoms with van der Waals surface area (Å²) < 4.78 is 0. The minimum atomic E-state index is -0.951. The van der Waals surface area contributed by atoms with Crippen molar-refractivity contribution >= 4 is 18.0 Å². The maximum absolute atomic E-state index is 12.6. The molecule has 2 aromatic rings. The molecule has 0 aliphatic carbocycles. The van der Waals surface area contributed by atoms with E-state index in [2.05, 4.69) is 11.9 Å². The van der Waals surface area contributed by atoms with Gasteiger partial charge in [-0.25, -0.2) is 0 Å². The number of carbonyl (C=O) groups is 3. The molecule has 0 bridgehead atoms. The van der Waals surface area contributed by atoms with Crippen molar-refractivity contribution in [3.05, 3.63) is 65.2 Å². The first-order valence-corrected chi connectivity index (χ1v) is 7.17. The topological polar surface area (TPSA) is 124 Å². The summed E-state index contributed by atoms with van der Waals surface area (Å²) in [6.07, 6.45) is 1.76. The van der Waals surface area contributed by atoms with Crippen molar-refractivity contribution in [3.63, 3.8) is 0 Å². The Morgan fingerprint density at radius 1 is 1.04 bits per heavy atom. The minimum absolute atomic E-state index is 0.0282. The lowest BCUT2D eigenvalue weighted by Gasteiger charge is -2.11. The van der Waals surface area contributed by atoms with E-state index in [0.717, 1.165) is 12.1 Å². The Bertz CT molecular complexity index is 852. The summed E-state index contributed by atoms with van der Waals surface area (Å²) in [5.74, 6) is -3.15. The van der Waals surface area contributed by atoms with Crippen LogP contribution < -0.4 is 5.32 Å². The number of hydrogen-bond donors (Lipinski definition) is 4. The van der Waals surface area contributed by atoms with Crippen LogP contribution in [-0.2, 0) is 0 Å². The van der Waals surface area contributed by atoms with E-state index in [4.69, 9.17) is 0 Å². The Morgan fingerprint density at radius 3 is 2.24 bits per heavy atom. The monoisotopic (exact) mass is 341 g/mol. The molecule has 4 N–H and O–H groups in total. The van der Waals surface area contributed by atoms with Crippen molar-refractivity contribution < 1.29 is 29.7 Å². The molecular formula is C18H15NO6. The van der Waals surface area contributed by atoms with Crippen LogP contribution in [0.4, 0.5) is 0 Å². The average Bonchev–Trinajstić information content (AvgIpc) is 2.58. The molecule has 0 saturated carbocycles. The number of carbonyl (C=O) groups excluding carboxylic acids is 3. The summed E-state index contributed by atoms with van der Waals surface area (Å²) >= 11 is 0. The second-order valence-electron chi connectivity index (χ2n) is 5.08. The van der Waals surface area contributed by atoms with E-state index in [-0.39, 0.29) is 17.7 Å². The maximum atomic E-state index is 12.6. The lowest BCUT2D eigenvalue weighted by atomic mass is 9.94. The summed E-state index contributed by atoms with van der Waals surface area (Å²) in [7, 11) is 0. The zero-order chi connectivity index (χ0) is 18.6. The molecule has 0 atom stereocenters. The van der Waals surface area contributed by atoms with Crippen LogP contribution in [0.5, 0.6) is 17.2 Å². The Morgan fingerprint density at radius 2 is 1.68 bits per heavy atom. The van der Waals surface area contributed by atoms with Gasteiger partial charge in [0.2, 0.25) is 5.78 Å². The Hall–Kier alpha value is -3.61. The first-order valence-electron chi connectivity index (χ1n) is 7.17. The van der Waals surface area contributed by atoms with Gasteiger partial charge in [0.25, 0.3) is 5.91 Å². The summed E-state index contributed by atoms with van der Waals surface area (Å²) in [6.45, 7) is 3.64. The summed E-state index contributed by atoms with van der Waals surface area (Å²) in [5.41, 5.74) is -1.16. The third-order valence-corrected chi connectivity index (χ3v) is 3.42. The molecule has 0 saturated heterocycles. The Kier molecular flexibility index (Phi) is 5.18. The Balaban J connectivity index is 2.55. The normalized spacial score (nSPS) is 10.1. The van der Waals surface area contributed by atoms with E-state index in [0.29, 0.717) is 6.29 Å². The van der Waals surface area contributed by atoms with Crippen molar-refractivity contribution in [2.45, 2.75) is 0 Å². The standard InChI is InChI=1S/C18H15NO6/c1-2-6-19-18(25)10-7-11(9-20)15(14(23)8-10)17(24)16-12(21)4-3-5-13(16)22/h2-5,7-9,21-23H,1,6H2,(H,19,25). The predicted molar refractivity (Wildman–Crippen MR) is 89.2 cm³/mol. The van der Waals surface area contributed by atoms with E-state index < -0.39 is 40.1 Å². The van der Waals surface area contributed by atoms with Crippen LogP contribution in [0.2, 0.25) is 0 Å². The van der Waals surface area contributed by atoms with Crippen molar-refractivity contribution in [3.8, 4) is 17.2 Å². The minimum Gasteiger partial charge on any atom is -0.507 e. The predicted octanol–water partition coefficient (Wildman–Crippen LogP) is 1.76. The van der Waals surface area contributed by atoms with Gasteiger partial charge in [0, 0.05) is 17.7 Å². The molecular weight excluding hydrogens is 326 g/mol. The van der Waals surface area contributed by atoms with E-state index in [1.807, 2.05) is 0 Å². The van der Waals surface area contributed by atoms with Crippen LogP contribution in [0.3, 0.4) is 0 Å². The van der Waals surface area contributed by atoms with Crippen molar-refractivity contribution in [2.24, 2.45) is 0 Å². The summed E-state index contributed by atoms with van der Waals surface area (Å²) in [5, 5.41) is 32.2. The number of aldehydes is 1. The third-order valence-electron chi connectivity index (χ3n) is 3.42. The van der Waals surface area contributed by atoms with Crippen molar-refractivity contribution in [1.82, 2.24) is 5.32 Å². The number of aromatic hydroxyl groups is 3. The van der Waals surface area contributed by atoms with Crippen molar-refractivity contribution in [1.29, 1.82) is 0 Å². The van der Waals surface area contributed by atoms with Crippen LogP contribution in [0.15, 0.2) is 43.0 Å². The lowest BCUT2D eigenvalue weighted by molar-refractivity contribution is 0.0955. The number of rotatable bonds is 6. The van der Waals surface area contributed by atoms with E-state index in [9.17, 15) is 29.7 Å². The fourth-order valence-electron chi connectivity index (χ4n) is 2.27. The van der Waals surface area contributed by atoms with Gasteiger partial charge >= 0.3 is 0 Å². The third kappa shape index (κ3) is 3.50. The van der Waals surface area contributed by atoms with E-state index in [1.165, 1.54) is 24.3 Å². The molecule has 7 nitrogen and oxygen atoms in total. The van der Waals surface area contributed by atoms with Crippen LogP contribution in [-0.4, -0.2) is 39.8 Å². The molecule has 0 heterocycles. The van der Waals surface area contributed by atoms with Gasteiger partial charge in [0.05, 0.1) is 5.56 Å². The molecule has 0 fully saturated rings.